The van der Waals surface area contributed by atoms with Gasteiger partial charge in [0, 0.05) is 39.7 Å². The Labute approximate surface area is 186 Å². The molecule has 170 valence electrons. The molecule has 0 saturated heterocycles. The van der Waals surface area contributed by atoms with Crippen LogP contribution in [-0.2, 0) is 29.0 Å². The van der Waals surface area contributed by atoms with E-state index in [1.807, 2.05) is 0 Å². The van der Waals surface area contributed by atoms with Crippen LogP contribution in [0.2, 0.25) is 0 Å². The SMILES string of the molecule is COCC(=O)N[C@H](CC(C)C)c1nnc2n1CCN(Cc1ccc(C(C)C)cc1)CC2. The number of aromatic nitrogens is 3. The Kier molecular flexibility index (Phi) is 8.21. The Balaban J connectivity index is 1.69. The smallest absolute Gasteiger partial charge is 0.246 e. The molecule has 1 aromatic carbocycles. The molecule has 1 aromatic heterocycles. The maximum atomic E-state index is 12.2. The summed E-state index contributed by atoms with van der Waals surface area (Å²) in [6, 6.07) is 8.82. The third kappa shape index (κ3) is 6.37. The molecule has 1 aliphatic heterocycles. The van der Waals surface area contributed by atoms with Crippen LogP contribution in [0.15, 0.2) is 24.3 Å². The van der Waals surface area contributed by atoms with Crippen molar-refractivity contribution in [2.45, 2.75) is 65.6 Å². The number of hydrogen-bond acceptors (Lipinski definition) is 5. The fourth-order valence-electron chi connectivity index (χ4n) is 4.14. The topological polar surface area (TPSA) is 72.3 Å². The van der Waals surface area contributed by atoms with Gasteiger partial charge < -0.3 is 14.6 Å². The van der Waals surface area contributed by atoms with Gasteiger partial charge in [-0.25, -0.2) is 0 Å². The molecule has 1 aliphatic rings. The minimum Gasteiger partial charge on any atom is -0.375 e. The van der Waals surface area contributed by atoms with Crippen LogP contribution in [-0.4, -0.2) is 52.4 Å². The normalized spacial score (nSPS) is 15.7. The maximum absolute atomic E-state index is 12.2. The molecule has 2 aromatic rings. The van der Waals surface area contributed by atoms with Crippen LogP contribution < -0.4 is 5.32 Å². The first-order valence-corrected chi connectivity index (χ1v) is 11.4. The van der Waals surface area contributed by atoms with Crippen molar-refractivity contribution in [2.75, 3.05) is 26.8 Å². The Morgan fingerprint density at radius 3 is 2.48 bits per heavy atom. The van der Waals surface area contributed by atoms with Crippen molar-refractivity contribution in [1.82, 2.24) is 25.0 Å². The lowest BCUT2D eigenvalue weighted by Gasteiger charge is -2.22. The lowest BCUT2D eigenvalue weighted by atomic mass is 10.0. The lowest BCUT2D eigenvalue weighted by Crippen LogP contribution is -2.34. The number of methoxy groups -OCH3 is 1. The zero-order chi connectivity index (χ0) is 22.4. The van der Waals surface area contributed by atoms with Gasteiger partial charge in [-0.2, -0.15) is 0 Å². The molecule has 1 N–H and O–H groups in total. The molecule has 0 fully saturated rings. The van der Waals surface area contributed by atoms with Crippen LogP contribution in [0.3, 0.4) is 0 Å². The van der Waals surface area contributed by atoms with Gasteiger partial charge in [-0.05, 0) is 29.4 Å². The van der Waals surface area contributed by atoms with Gasteiger partial charge in [-0.3, -0.25) is 9.69 Å². The molecule has 0 radical (unpaired) electrons. The van der Waals surface area contributed by atoms with Crippen molar-refractivity contribution in [3.8, 4) is 0 Å². The Morgan fingerprint density at radius 2 is 1.84 bits per heavy atom. The number of ether oxygens (including phenoxy) is 1. The van der Waals surface area contributed by atoms with Crippen LogP contribution >= 0.6 is 0 Å². The largest absolute Gasteiger partial charge is 0.375 e. The molecule has 0 unspecified atom stereocenters. The molecule has 31 heavy (non-hydrogen) atoms. The van der Waals surface area contributed by atoms with Gasteiger partial charge in [0.2, 0.25) is 5.91 Å². The Bertz CT molecular complexity index is 844. The average molecular weight is 428 g/mol. The molecule has 7 heteroatoms. The number of nitrogens with one attached hydrogen (secondary N) is 1. The van der Waals surface area contributed by atoms with Gasteiger partial charge >= 0.3 is 0 Å². The van der Waals surface area contributed by atoms with E-state index < -0.39 is 0 Å². The second-order valence-corrected chi connectivity index (χ2v) is 9.23. The molecular formula is C24H37N5O2. The highest BCUT2D eigenvalue weighted by atomic mass is 16.5. The molecular weight excluding hydrogens is 390 g/mol. The zero-order valence-corrected chi connectivity index (χ0v) is 19.6. The van der Waals surface area contributed by atoms with Crippen molar-refractivity contribution < 1.29 is 9.53 Å². The third-order valence-electron chi connectivity index (χ3n) is 5.83. The van der Waals surface area contributed by atoms with Crippen LogP contribution in [0.4, 0.5) is 0 Å². The predicted octanol–water partition coefficient (Wildman–Crippen LogP) is 3.31. The number of nitrogens with zero attached hydrogens (tertiary/aromatic N) is 4. The molecule has 1 atom stereocenters. The van der Waals surface area contributed by atoms with E-state index in [0.29, 0.717) is 11.8 Å². The summed E-state index contributed by atoms with van der Waals surface area (Å²) < 4.78 is 7.20. The summed E-state index contributed by atoms with van der Waals surface area (Å²) in [5.74, 6) is 2.72. The summed E-state index contributed by atoms with van der Waals surface area (Å²) in [7, 11) is 1.53. The predicted molar refractivity (Wildman–Crippen MR) is 122 cm³/mol. The zero-order valence-electron chi connectivity index (χ0n) is 19.6. The minimum absolute atomic E-state index is 0.0545. The fourth-order valence-corrected chi connectivity index (χ4v) is 4.14. The first kappa shape index (κ1) is 23.4. The molecule has 0 aliphatic carbocycles. The maximum Gasteiger partial charge on any atom is 0.246 e. The fraction of sp³-hybridized carbons (Fsp3) is 0.625. The van der Waals surface area contributed by atoms with Gasteiger partial charge in [0.05, 0.1) is 6.04 Å². The Hall–Kier alpha value is -2.25. The Morgan fingerprint density at radius 1 is 1.10 bits per heavy atom. The van der Waals surface area contributed by atoms with Gasteiger partial charge in [0.1, 0.15) is 12.4 Å². The van der Waals surface area contributed by atoms with Gasteiger partial charge in [-0.15, -0.1) is 10.2 Å². The van der Waals surface area contributed by atoms with Crippen molar-refractivity contribution >= 4 is 5.91 Å². The summed E-state index contributed by atoms with van der Waals surface area (Å²) in [5.41, 5.74) is 2.72. The van der Waals surface area contributed by atoms with Crippen LogP contribution in [0.25, 0.3) is 0 Å². The number of hydrogen-bond donors (Lipinski definition) is 1. The van der Waals surface area contributed by atoms with E-state index >= 15 is 0 Å². The van der Waals surface area contributed by atoms with E-state index in [-0.39, 0.29) is 18.6 Å². The summed E-state index contributed by atoms with van der Waals surface area (Å²) >= 11 is 0. The van der Waals surface area contributed by atoms with E-state index in [1.54, 1.807) is 0 Å². The van der Waals surface area contributed by atoms with E-state index in [4.69, 9.17) is 4.74 Å². The molecule has 0 saturated carbocycles. The summed E-state index contributed by atoms with van der Waals surface area (Å²) in [4.78, 5) is 14.7. The third-order valence-corrected chi connectivity index (χ3v) is 5.83. The minimum atomic E-state index is -0.154. The summed E-state index contributed by atoms with van der Waals surface area (Å²) in [6.07, 6.45) is 1.68. The van der Waals surface area contributed by atoms with Crippen LogP contribution in [0.5, 0.6) is 0 Å². The molecule has 7 nitrogen and oxygen atoms in total. The molecule has 0 bridgehead atoms. The van der Waals surface area contributed by atoms with E-state index in [9.17, 15) is 4.79 Å². The number of rotatable bonds is 9. The standard InChI is InChI=1S/C24H37N5O2/c1-17(2)14-21(25-23(30)16-31-5)24-27-26-22-10-11-28(12-13-29(22)24)15-19-6-8-20(9-7-19)18(3)4/h6-9,17-18,21H,10-16H2,1-5H3,(H,25,30)/t21-/m1/s1. The second-order valence-electron chi connectivity index (χ2n) is 9.23. The van der Waals surface area contributed by atoms with Crippen molar-refractivity contribution in [3.63, 3.8) is 0 Å². The first-order valence-electron chi connectivity index (χ1n) is 11.4. The quantitative estimate of drug-likeness (QED) is 0.665. The molecule has 3 rings (SSSR count). The highest BCUT2D eigenvalue weighted by Gasteiger charge is 2.26. The molecule has 2 heterocycles. The lowest BCUT2D eigenvalue weighted by molar-refractivity contribution is -0.125. The van der Waals surface area contributed by atoms with Crippen molar-refractivity contribution in [2.24, 2.45) is 5.92 Å². The summed E-state index contributed by atoms with van der Waals surface area (Å²) in [6.45, 7) is 12.5. The number of carbonyl (C=O) groups is 1. The van der Waals surface area contributed by atoms with Crippen molar-refractivity contribution in [3.05, 3.63) is 47.0 Å². The van der Waals surface area contributed by atoms with E-state index in [2.05, 4.69) is 76.9 Å². The monoisotopic (exact) mass is 427 g/mol. The molecule has 0 spiro atoms. The average Bonchev–Trinajstić information content (AvgIpc) is 3.02. The second kappa shape index (κ2) is 10.9. The first-order chi connectivity index (χ1) is 14.9. The molecule has 1 amide bonds. The number of amides is 1. The van der Waals surface area contributed by atoms with Crippen LogP contribution in [0, 0.1) is 5.92 Å². The van der Waals surface area contributed by atoms with Crippen LogP contribution in [0.1, 0.15) is 68.9 Å². The number of fused-ring (bicyclic) bond motifs is 1. The van der Waals surface area contributed by atoms with Gasteiger partial charge in [-0.1, -0.05) is 52.0 Å². The highest BCUT2D eigenvalue weighted by Crippen LogP contribution is 2.23. The number of benzene rings is 1. The van der Waals surface area contributed by atoms with E-state index in [1.165, 1.54) is 18.2 Å². The summed E-state index contributed by atoms with van der Waals surface area (Å²) in [5, 5.41) is 12.0. The van der Waals surface area contributed by atoms with Gasteiger partial charge in [0.25, 0.3) is 0 Å². The van der Waals surface area contributed by atoms with E-state index in [0.717, 1.165) is 50.7 Å². The number of carbonyl (C=O) groups excluding carboxylic acids is 1. The van der Waals surface area contributed by atoms with Crippen molar-refractivity contribution in [1.29, 1.82) is 0 Å². The van der Waals surface area contributed by atoms with Gasteiger partial charge in [0.15, 0.2) is 5.82 Å². The highest BCUT2D eigenvalue weighted by molar-refractivity contribution is 5.77.